The summed E-state index contributed by atoms with van der Waals surface area (Å²) in [7, 11) is 0. The van der Waals surface area contributed by atoms with Crippen molar-refractivity contribution in [3.8, 4) is 11.3 Å². The molecule has 5 rings (SSSR count). The molecule has 2 N–H and O–H groups in total. The number of rotatable bonds is 8. The lowest BCUT2D eigenvalue weighted by Gasteiger charge is -2.30. The van der Waals surface area contributed by atoms with Crippen molar-refractivity contribution in [3.05, 3.63) is 77.0 Å². The Morgan fingerprint density at radius 2 is 1.89 bits per heavy atom. The van der Waals surface area contributed by atoms with Crippen LogP contribution < -0.4 is 10.2 Å². The standard InChI is InChI=1S/C24H20ClF3N8O2/c25-16-3-2-15(22(27)28)20(21(16)26)17-9-29-10-18(34-17)23(38)33-14-8-32-36(11-14)19(12-37)13-6-30-24(31-7-13)35-4-1-5-35/h2-3,6-11,19,22,37H,1,4-5,12H2,(H,33,38)/t19-/m1/s1. The van der Waals surface area contributed by atoms with Gasteiger partial charge in [-0.05, 0) is 12.5 Å². The van der Waals surface area contributed by atoms with Crippen LogP contribution in [0.4, 0.5) is 24.8 Å². The highest BCUT2D eigenvalue weighted by Crippen LogP contribution is 2.35. The Morgan fingerprint density at radius 1 is 1.13 bits per heavy atom. The highest BCUT2D eigenvalue weighted by molar-refractivity contribution is 6.31. The fourth-order valence-electron chi connectivity index (χ4n) is 3.90. The van der Waals surface area contributed by atoms with E-state index in [1.54, 1.807) is 12.4 Å². The average Bonchev–Trinajstić information content (AvgIpc) is 3.33. The van der Waals surface area contributed by atoms with Gasteiger partial charge >= 0.3 is 0 Å². The Labute approximate surface area is 219 Å². The lowest BCUT2D eigenvalue weighted by molar-refractivity contribution is 0.102. The highest BCUT2D eigenvalue weighted by Gasteiger charge is 2.23. The van der Waals surface area contributed by atoms with Gasteiger partial charge in [-0.25, -0.2) is 28.1 Å². The van der Waals surface area contributed by atoms with E-state index < -0.39 is 35.3 Å². The van der Waals surface area contributed by atoms with Crippen LogP contribution in [-0.4, -0.2) is 60.4 Å². The Balaban J connectivity index is 1.34. The molecule has 4 aromatic rings. The molecular weight excluding hydrogens is 525 g/mol. The lowest BCUT2D eigenvalue weighted by Crippen LogP contribution is -2.38. The van der Waals surface area contributed by atoms with Gasteiger partial charge in [-0.1, -0.05) is 17.7 Å². The number of hydrogen-bond donors (Lipinski definition) is 2. The summed E-state index contributed by atoms with van der Waals surface area (Å²) in [6.45, 7) is 1.51. The molecule has 1 aromatic carbocycles. The zero-order valence-corrected chi connectivity index (χ0v) is 20.4. The molecular formula is C24H20ClF3N8O2. The maximum absolute atomic E-state index is 14.6. The summed E-state index contributed by atoms with van der Waals surface area (Å²) in [5.41, 5.74) is -0.794. The minimum absolute atomic E-state index is 0.247. The second kappa shape index (κ2) is 10.7. The first kappa shape index (κ1) is 25.5. The number of alkyl halides is 2. The summed E-state index contributed by atoms with van der Waals surface area (Å²) in [5, 5.41) is 16.4. The van der Waals surface area contributed by atoms with Gasteiger partial charge in [-0.15, -0.1) is 0 Å². The van der Waals surface area contributed by atoms with Crippen LogP contribution >= 0.6 is 11.6 Å². The molecule has 4 heterocycles. The van der Waals surface area contributed by atoms with Gasteiger partial charge < -0.3 is 15.3 Å². The van der Waals surface area contributed by atoms with E-state index in [4.69, 9.17) is 11.6 Å². The summed E-state index contributed by atoms with van der Waals surface area (Å²) >= 11 is 5.78. The second-order valence-corrected chi connectivity index (χ2v) is 8.84. The maximum Gasteiger partial charge on any atom is 0.275 e. The largest absolute Gasteiger partial charge is 0.394 e. The molecule has 0 radical (unpaired) electrons. The number of carbonyl (C=O) groups is 1. The van der Waals surface area contributed by atoms with Crippen LogP contribution in [0.2, 0.25) is 5.02 Å². The van der Waals surface area contributed by atoms with E-state index in [2.05, 4.69) is 30.4 Å². The van der Waals surface area contributed by atoms with E-state index >= 15 is 0 Å². The number of aromatic nitrogens is 6. The SMILES string of the molecule is O=C(Nc1cnn([C@H](CO)c2cnc(N3CCC3)nc2)c1)c1cncc(-c2c(C(F)F)ccc(Cl)c2F)n1. The summed E-state index contributed by atoms with van der Waals surface area (Å²) in [6, 6.07) is 1.42. The quantitative estimate of drug-likeness (QED) is 0.342. The van der Waals surface area contributed by atoms with Crippen LogP contribution in [0.3, 0.4) is 0 Å². The van der Waals surface area contributed by atoms with Crippen molar-refractivity contribution in [1.82, 2.24) is 29.7 Å². The third-order valence-corrected chi connectivity index (χ3v) is 6.31. The first-order chi connectivity index (χ1) is 18.4. The average molecular weight is 545 g/mol. The predicted molar refractivity (Wildman–Crippen MR) is 132 cm³/mol. The molecule has 38 heavy (non-hydrogen) atoms. The summed E-state index contributed by atoms with van der Waals surface area (Å²) in [6.07, 6.45) is 6.35. The smallest absolute Gasteiger partial charge is 0.275 e. The predicted octanol–water partition coefficient (Wildman–Crippen LogP) is 3.90. The number of halogens is 4. The monoisotopic (exact) mass is 544 g/mol. The number of carbonyl (C=O) groups excluding carboxylic acids is 1. The fourth-order valence-corrected chi connectivity index (χ4v) is 4.05. The molecule has 3 aromatic heterocycles. The number of nitrogens with zero attached hydrogens (tertiary/aromatic N) is 7. The van der Waals surface area contributed by atoms with Gasteiger partial charge in [-0.3, -0.25) is 14.5 Å². The number of anilines is 2. The van der Waals surface area contributed by atoms with Crippen molar-refractivity contribution in [1.29, 1.82) is 0 Å². The Bertz CT molecular complexity index is 1460. The molecule has 1 atom stereocenters. The van der Waals surface area contributed by atoms with Gasteiger partial charge in [-0.2, -0.15) is 5.10 Å². The minimum atomic E-state index is -3.00. The Morgan fingerprint density at radius 3 is 2.55 bits per heavy atom. The van der Waals surface area contributed by atoms with E-state index in [1.165, 1.54) is 17.1 Å². The summed E-state index contributed by atoms with van der Waals surface area (Å²) in [4.78, 5) is 31.4. The lowest BCUT2D eigenvalue weighted by atomic mass is 10.0. The van der Waals surface area contributed by atoms with Crippen molar-refractivity contribution in [2.24, 2.45) is 0 Å². The number of nitrogens with one attached hydrogen (secondary N) is 1. The Kier molecular flexibility index (Phi) is 7.20. The van der Waals surface area contributed by atoms with Gasteiger partial charge in [0.15, 0.2) is 5.82 Å². The molecule has 10 nitrogen and oxygen atoms in total. The molecule has 0 spiro atoms. The molecule has 14 heteroatoms. The van der Waals surface area contributed by atoms with E-state index in [-0.39, 0.29) is 28.7 Å². The van der Waals surface area contributed by atoms with Crippen LogP contribution in [0.25, 0.3) is 11.3 Å². The molecule has 0 aliphatic carbocycles. The molecule has 1 amide bonds. The molecule has 1 aliphatic heterocycles. The third-order valence-electron chi connectivity index (χ3n) is 6.02. The van der Waals surface area contributed by atoms with E-state index in [9.17, 15) is 23.1 Å². The van der Waals surface area contributed by atoms with Crippen molar-refractivity contribution in [3.63, 3.8) is 0 Å². The number of hydrogen-bond acceptors (Lipinski definition) is 8. The van der Waals surface area contributed by atoms with Gasteiger partial charge in [0.25, 0.3) is 12.3 Å². The Hall–Kier alpha value is -4.10. The van der Waals surface area contributed by atoms with Crippen molar-refractivity contribution in [2.45, 2.75) is 18.9 Å². The van der Waals surface area contributed by atoms with Gasteiger partial charge in [0.05, 0.1) is 41.6 Å². The van der Waals surface area contributed by atoms with Crippen molar-refractivity contribution < 1.29 is 23.1 Å². The molecule has 1 saturated heterocycles. The van der Waals surface area contributed by atoms with Crippen LogP contribution in [0, 0.1) is 5.82 Å². The molecule has 0 unspecified atom stereocenters. The first-order valence-electron chi connectivity index (χ1n) is 11.5. The van der Waals surface area contributed by atoms with Crippen LogP contribution in [0.15, 0.2) is 49.3 Å². The molecule has 1 fully saturated rings. The molecule has 1 aliphatic rings. The minimum Gasteiger partial charge on any atom is -0.394 e. The number of amides is 1. The molecule has 0 saturated carbocycles. The van der Waals surface area contributed by atoms with E-state index in [0.717, 1.165) is 44.0 Å². The molecule has 0 bridgehead atoms. The number of aliphatic hydroxyl groups excluding tert-OH is 1. The van der Waals surface area contributed by atoms with Crippen molar-refractivity contribution >= 4 is 29.1 Å². The van der Waals surface area contributed by atoms with E-state index in [1.807, 2.05) is 4.90 Å². The van der Waals surface area contributed by atoms with E-state index in [0.29, 0.717) is 11.5 Å². The van der Waals surface area contributed by atoms with Gasteiger partial charge in [0.2, 0.25) is 5.95 Å². The van der Waals surface area contributed by atoms with Crippen LogP contribution in [0.5, 0.6) is 0 Å². The number of aliphatic hydroxyl groups is 1. The summed E-state index contributed by atoms with van der Waals surface area (Å²) < 4.78 is 43.1. The zero-order valence-electron chi connectivity index (χ0n) is 19.6. The second-order valence-electron chi connectivity index (χ2n) is 8.43. The molecule has 196 valence electrons. The normalized spacial score (nSPS) is 13.9. The van der Waals surface area contributed by atoms with Crippen LogP contribution in [0.1, 0.15) is 40.5 Å². The summed E-state index contributed by atoms with van der Waals surface area (Å²) in [5.74, 6) is -1.20. The highest BCUT2D eigenvalue weighted by atomic mass is 35.5. The number of benzene rings is 1. The zero-order chi connectivity index (χ0) is 26.8. The van der Waals surface area contributed by atoms with Gasteiger partial charge in [0, 0.05) is 48.4 Å². The third kappa shape index (κ3) is 5.02. The fraction of sp³-hybridized carbons (Fsp3) is 0.250. The van der Waals surface area contributed by atoms with Gasteiger partial charge in [0.1, 0.15) is 11.7 Å². The van der Waals surface area contributed by atoms with Crippen molar-refractivity contribution in [2.75, 3.05) is 29.9 Å². The topological polar surface area (TPSA) is 122 Å². The maximum atomic E-state index is 14.6. The first-order valence-corrected chi connectivity index (χ1v) is 11.8. The van der Waals surface area contributed by atoms with Crippen LogP contribution in [-0.2, 0) is 0 Å².